The first-order valence-electron chi connectivity index (χ1n) is 7.84. The van der Waals surface area contributed by atoms with E-state index < -0.39 is 5.60 Å². The number of rotatable bonds is 5. The molecular formula is C18H25N3O2. The molecule has 5 nitrogen and oxygen atoms in total. The second-order valence-electron chi connectivity index (χ2n) is 7.59. The third-order valence-corrected chi connectivity index (χ3v) is 3.74. The van der Waals surface area contributed by atoms with Gasteiger partial charge in [-0.3, -0.25) is 9.48 Å². The van der Waals surface area contributed by atoms with Gasteiger partial charge in [0.2, 0.25) is 5.78 Å². The Kier molecular flexibility index (Phi) is 4.71. The topological polar surface area (TPSA) is 68.0 Å². The van der Waals surface area contributed by atoms with Gasteiger partial charge in [0.15, 0.2) is 5.69 Å². The van der Waals surface area contributed by atoms with Crippen LogP contribution in [-0.2, 0) is 12.0 Å². The van der Waals surface area contributed by atoms with E-state index in [4.69, 9.17) is 0 Å². The maximum absolute atomic E-state index is 12.5. The van der Waals surface area contributed by atoms with Crippen LogP contribution in [0, 0.1) is 0 Å². The molecule has 0 fully saturated rings. The molecule has 0 radical (unpaired) electrons. The fourth-order valence-corrected chi connectivity index (χ4v) is 2.17. The Labute approximate surface area is 137 Å². The fourth-order valence-electron chi connectivity index (χ4n) is 2.17. The van der Waals surface area contributed by atoms with E-state index in [0.717, 1.165) is 0 Å². The van der Waals surface area contributed by atoms with Crippen LogP contribution in [0.15, 0.2) is 30.5 Å². The number of carbonyl (C=O) groups is 1. The minimum atomic E-state index is -0.765. The van der Waals surface area contributed by atoms with Crippen molar-refractivity contribution < 1.29 is 9.90 Å². The van der Waals surface area contributed by atoms with Crippen LogP contribution in [0.4, 0.5) is 0 Å². The number of carbonyl (C=O) groups excluding carboxylic acids is 1. The highest BCUT2D eigenvalue weighted by Gasteiger charge is 2.18. The normalized spacial score (nSPS) is 12.4. The molecular weight excluding hydrogens is 290 g/mol. The molecule has 2 rings (SSSR count). The van der Waals surface area contributed by atoms with Gasteiger partial charge in [-0.2, -0.15) is 0 Å². The first-order chi connectivity index (χ1) is 10.6. The standard InChI is InChI=1S/C18H25N3O2/c1-17(2,3)14-8-6-13(7-9-14)16(22)15-12-21(20-19-15)11-10-18(4,5)23/h6-9,12,23H,10-11H2,1-5H3. The molecule has 0 aliphatic carbocycles. The van der Waals surface area contributed by atoms with Gasteiger partial charge in [-0.05, 0) is 31.2 Å². The monoisotopic (exact) mass is 315 g/mol. The summed E-state index contributed by atoms with van der Waals surface area (Å²) in [6, 6.07) is 7.62. The smallest absolute Gasteiger partial charge is 0.214 e. The number of nitrogens with zero attached hydrogens (tertiary/aromatic N) is 3. The maximum Gasteiger partial charge on any atom is 0.214 e. The summed E-state index contributed by atoms with van der Waals surface area (Å²) in [5, 5.41) is 17.6. The van der Waals surface area contributed by atoms with E-state index in [0.29, 0.717) is 24.2 Å². The van der Waals surface area contributed by atoms with E-state index >= 15 is 0 Å². The van der Waals surface area contributed by atoms with Crippen LogP contribution in [-0.4, -0.2) is 31.5 Å². The SMILES string of the molecule is CC(C)(O)CCn1cc(C(=O)c2ccc(C(C)(C)C)cc2)nn1. The van der Waals surface area contributed by atoms with E-state index in [1.54, 1.807) is 24.7 Å². The summed E-state index contributed by atoms with van der Waals surface area (Å²) >= 11 is 0. The zero-order valence-electron chi connectivity index (χ0n) is 14.5. The van der Waals surface area contributed by atoms with Crippen LogP contribution in [0.3, 0.4) is 0 Å². The number of hydrogen-bond donors (Lipinski definition) is 1. The average Bonchev–Trinajstić information content (AvgIpc) is 2.92. The number of aromatic nitrogens is 3. The number of aryl methyl sites for hydroxylation is 1. The summed E-state index contributed by atoms with van der Waals surface area (Å²) < 4.78 is 1.59. The molecule has 23 heavy (non-hydrogen) atoms. The first-order valence-corrected chi connectivity index (χ1v) is 7.84. The van der Waals surface area contributed by atoms with Gasteiger partial charge in [-0.25, -0.2) is 0 Å². The fraction of sp³-hybridized carbons (Fsp3) is 0.500. The van der Waals surface area contributed by atoms with Crippen LogP contribution in [0.2, 0.25) is 0 Å². The molecule has 0 aliphatic rings. The van der Waals surface area contributed by atoms with Crippen molar-refractivity contribution in [2.75, 3.05) is 0 Å². The molecule has 1 heterocycles. The molecule has 0 spiro atoms. The van der Waals surface area contributed by atoms with Gasteiger partial charge >= 0.3 is 0 Å². The summed E-state index contributed by atoms with van der Waals surface area (Å²) in [5.41, 5.74) is 1.40. The molecule has 5 heteroatoms. The predicted molar refractivity (Wildman–Crippen MR) is 89.5 cm³/mol. The van der Waals surface area contributed by atoms with Crippen LogP contribution in [0.1, 0.15) is 62.7 Å². The second-order valence-corrected chi connectivity index (χ2v) is 7.59. The number of benzene rings is 1. The average molecular weight is 315 g/mol. The van der Waals surface area contributed by atoms with Crippen molar-refractivity contribution >= 4 is 5.78 Å². The molecule has 124 valence electrons. The van der Waals surface area contributed by atoms with Gasteiger partial charge in [0, 0.05) is 12.1 Å². The highest BCUT2D eigenvalue weighted by molar-refractivity contribution is 6.07. The lowest BCUT2D eigenvalue weighted by Gasteiger charge is -2.18. The summed E-state index contributed by atoms with van der Waals surface area (Å²) in [7, 11) is 0. The van der Waals surface area contributed by atoms with Gasteiger partial charge in [0.1, 0.15) is 0 Å². The van der Waals surface area contributed by atoms with Crippen molar-refractivity contribution in [3.05, 3.63) is 47.3 Å². The summed E-state index contributed by atoms with van der Waals surface area (Å²) in [4.78, 5) is 12.5. The molecule has 0 aliphatic heterocycles. The third-order valence-electron chi connectivity index (χ3n) is 3.74. The Morgan fingerprint density at radius 1 is 1.13 bits per heavy atom. The number of hydrogen-bond acceptors (Lipinski definition) is 4. The van der Waals surface area contributed by atoms with Crippen molar-refractivity contribution in [3.63, 3.8) is 0 Å². The highest BCUT2D eigenvalue weighted by atomic mass is 16.3. The molecule has 0 amide bonds. The summed E-state index contributed by atoms with van der Waals surface area (Å²) in [5.74, 6) is -0.139. The van der Waals surface area contributed by atoms with Crippen LogP contribution in [0.5, 0.6) is 0 Å². The van der Waals surface area contributed by atoms with Gasteiger partial charge in [0.25, 0.3) is 0 Å². The Morgan fingerprint density at radius 3 is 2.26 bits per heavy atom. The minimum Gasteiger partial charge on any atom is -0.390 e. The lowest BCUT2D eigenvalue weighted by atomic mass is 9.86. The largest absolute Gasteiger partial charge is 0.390 e. The van der Waals surface area contributed by atoms with Crippen molar-refractivity contribution in [3.8, 4) is 0 Å². The molecule has 1 aromatic carbocycles. The van der Waals surface area contributed by atoms with Crippen molar-refractivity contribution in [2.45, 2.75) is 58.6 Å². The molecule has 0 bridgehead atoms. The first kappa shape index (κ1) is 17.3. The molecule has 0 saturated heterocycles. The lowest BCUT2D eigenvalue weighted by molar-refractivity contribution is 0.0649. The number of aliphatic hydroxyl groups is 1. The summed E-state index contributed by atoms with van der Waals surface area (Å²) in [6.07, 6.45) is 2.18. The Morgan fingerprint density at radius 2 is 1.74 bits per heavy atom. The zero-order chi connectivity index (χ0) is 17.3. The van der Waals surface area contributed by atoms with Crippen molar-refractivity contribution in [1.82, 2.24) is 15.0 Å². The Bertz CT molecular complexity index is 674. The second kappa shape index (κ2) is 6.24. The van der Waals surface area contributed by atoms with Crippen molar-refractivity contribution in [2.24, 2.45) is 0 Å². The Hall–Kier alpha value is -2.01. The van der Waals surface area contributed by atoms with Crippen LogP contribution < -0.4 is 0 Å². The third kappa shape index (κ3) is 4.73. The Balaban J connectivity index is 2.10. The lowest BCUT2D eigenvalue weighted by Crippen LogP contribution is -2.21. The summed E-state index contributed by atoms with van der Waals surface area (Å²) in [6.45, 7) is 10.4. The van der Waals surface area contributed by atoms with Gasteiger partial charge in [0.05, 0.1) is 11.8 Å². The molecule has 1 N–H and O–H groups in total. The molecule has 0 atom stereocenters. The van der Waals surface area contributed by atoms with E-state index in [2.05, 4.69) is 31.1 Å². The van der Waals surface area contributed by atoms with E-state index in [1.807, 2.05) is 24.3 Å². The van der Waals surface area contributed by atoms with Gasteiger partial charge in [-0.1, -0.05) is 50.3 Å². The zero-order valence-corrected chi connectivity index (χ0v) is 14.5. The van der Waals surface area contributed by atoms with Crippen LogP contribution >= 0.6 is 0 Å². The van der Waals surface area contributed by atoms with E-state index in [-0.39, 0.29) is 11.2 Å². The molecule has 2 aromatic rings. The molecule has 0 saturated carbocycles. The van der Waals surface area contributed by atoms with Gasteiger partial charge in [-0.15, -0.1) is 5.10 Å². The van der Waals surface area contributed by atoms with E-state index in [9.17, 15) is 9.90 Å². The highest BCUT2D eigenvalue weighted by Crippen LogP contribution is 2.22. The minimum absolute atomic E-state index is 0.0574. The number of ketones is 1. The predicted octanol–water partition coefficient (Wildman–Crippen LogP) is 2.97. The maximum atomic E-state index is 12.5. The molecule has 0 unspecified atom stereocenters. The molecule has 1 aromatic heterocycles. The quantitative estimate of drug-likeness (QED) is 0.861. The van der Waals surface area contributed by atoms with Crippen LogP contribution in [0.25, 0.3) is 0 Å². The van der Waals surface area contributed by atoms with Gasteiger partial charge < -0.3 is 5.11 Å². The van der Waals surface area contributed by atoms with E-state index in [1.165, 1.54) is 5.56 Å². The van der Waals surface area contributed by atoms with Crippen molar-refractivity contribution in [1.29, 1.82) is 0 Å².